The molecule has 3 N–H and O–H groups in total. The summed E-state index contributed by atoms with van der Waals surface area (Å²) in [6, 6.07) is -0.515. The normalized spacial score (nSPS) is 23.9. The number of thiocarbonyl (C=S) groups is 1. The van der Waals surface area contributed by atoms with Crippen LogP contribution in [0.3, 0.4) is 0 Å². The van der Waals surface area contributed by atoms with Gasteiger partial charge in [0.05, 0.1) is 12.6 Å². The fraction of sp³-hybridized carbons (Fsp3) is 0.625. The first-order valence-corrected chi connectivity index (χ1v) is 6.40. The number of alkyl halides is 1. The lowest BCUT2D eigenvalue weighted by molar-refractivity contribution is -0.146. The van der Waals surface area contributed by atoms with Gasteiger partial charge in [0.15, 0.2) is 11.7 Å². The number of carbonyl (C=O) groups is 2. The zero-order valence-electron chi connectivity index (χ0n) is 8.26. The number of carboxylic acids is 1. The molecule has 0 aromatic carbocycles. The molecule has 1 aliphatic heterocycles. The van der Waals surface area contributed by atoms with Gasteiger partial charge in [0.25, 0.3) is 0 Å². The Bertz CT molecular complexity index is 325. The minimum Gasteiger partial charge on any atom is -0.479 e. The van der Waals surface area contributed by atoms with Gasteiger partial charge in [-0.3, -0.25) is 4.79 Å². The molecule has 90 valence electrons. The number of nitrogens with zero attached hydrogens (tertiary/aromatic N) is 1. The van der Waals surface area contributed by atoms with E-state index in [0.717, 1.165) is 0 Å². The van der Waals surface area contributed by atoms with Gasteiger partial charge >= 0.3 is 5.97 Å². The third-order valence-electron chi connectivity index (χ3n) is 2.20. The van der Waals surface area contributed by atoms with Gasteiger partial charge in [-0.05, 0) is 12.2 Å². The molecule has 2 atom stereocenters. The van der Waals surface area contributed by atoms with Crippen LogP contribution >= 0.6 is 34.8 Å². The van der Waals surface area contributed by atoms with E-state index in [2.05, 4.69) is 22.6 Å². The molecule has 1 fully saturated rings. The number of likely N-dealkylation sites (tertiary alicyclic amines) is 1. The Morgan fingerprint density at radius 1 is 1.69 bits per heavy atom. The smallest absolute Gasteiger partial charge is 0.341 e. The molecule has 8 heteroatoms. The lowest BCUT2D eigenvalue weighted by atomic mass is 9.98. The van der Waals surface area contributed by atoms with E-state index >= 15 is 0 Å². The Morgan fingerprint density at radius 3 is 2.81 bits per heavy atom. The van der Waals surface area contributed by atoms with Crippen molar-refractivity contribution in [2.45, 2.75) is 12.1 Å². The highest BCUT2D eigenvalue weighted by Gasteiger charge is 2.44. The van der Waals surface area contributed by atoms with E-state index in [4.69, 9.17) is 27.8 Å². The summed E-state index contributed by atoms with van der Waals surface area (Å²) in [5, 5.41) is 8.47. The second-order valence-corrected chi connectivity index (χ2v) is 4.60. The van der Waals surface area contributed by atoms with E-state index in [0.29, 0.717) is 4.43 Å². The number of ether oxygens (including phenoxy) is 1. The monoisotopic (exact) mass is 358 g/mol. The highest BCUT2D eigenvalue weighted by atomic mass is 127. The van der Waals surface area contributed by atoms with Crippen molar-refractivity contribution in [3.05, 3.63) is 0 Å². The Labute approximate surface area is 111 Å². The van der Waals surface area contributed by atoms with Gasteiger partial charge < -0.3 is 20.5 Å². The summed E-state index contributed by atoms with van der Waals surface area (Å²) in [6.45, 7) is -0.357. The predicted molar refractivity (Wildman–Crippen MR) is 68.5 cm³/mol. The molecule has 1 heterocycles. The Morgan fingerprint density at radius 2 is 2.31 bits per heavy atom. The van der Waals surface area contributed by atoms with Crippen LogP contribution < -0.4 is 5.73 Å². The van der Waals surface area contributed by atoms with Gasteiger partial charge in [0, 0.05) is 4.43 Å². The largest absolute Gasteiger partial charge is 0.479 e. The quantitative estimate of drug-likeness (QED) is 0.295. The highest BCUT2D eigenvalue weighted by molar-refractivity contribution is 14.1. The van der Waals surface area contributed by atoms with Crippen LogP contribution in [0.4, 0.5) is 0 Å². The van der Waals surface area contributed by atoms with Crippen LogP contribution in [0.25, 0.3) is 0 Å². The van der Waals surface area contributed by atoms with E-state index in [1.54, 1.807) is 0 Å². The number of carboxylic acid groups (broad SMARTS) is 1. The van der Waals surface area contributed by atoms with E-state index in [-0.39, 0.29) is 23.5 Å². The minimum absolute atomic E-state index is 0.0421. The van der Waals surface area contributed by atoms with Crippen molar-refractivity contribution in [2.75, 3.05) is 17.6 Å². The highest BCUT2D eigenvalue weighted by Crippen LogP contribution is 2.20. The Kier molecular flexibility index (Phi) is 4.87. The molecule has 0 aliphatic carbocycles. The maximum absolute atomic E-state index is 11.4. The molecule has 1 rings (SSSR count). The average Bonchev–Trinajstić information content (AvgIpc) is 2.25. The molecule has 1 aliphatic rings. The molecule has 6 nitrogen and oxygen atoms in total. The fourth-order valence-electron chi connectivity index (χ4n) is 1.33. The Hall–Kier alpha value is -0.480. The van der Waals surface area contributed by atoms with Crippen molar-refractivity contribution in [1.29, 1.82) is 0 Å². The van der Waals surface area contributed by atoms with Crippen molar-refractivity contribution < 1.29 is 19.4 Å². The fourth-order valence-corrected chi connectivity index (χ4v) is 2.55. The number of halogens is 1. The topological polar surface area (TPSA) is 92.9 Å². The zero-order chi connectivity index (χ0) is 12.3. The van der Waals surface area contributed by atoms with E-state index in [9.17, 15) is 9.59 Å². The van der Waals surface area contributed by atoms with E-state index in [1.807, 2.05) is 0 Å². The molecule has 0 bridgehead atoms. The number of β-lactam (4-membered cyclic amide) rings is 1. The minimum atomic E-state index is -1.10. The van der Waals surface area contributed by atoms with E-state index < -0.39 is 18.6 Å². The van der Waals surface area contributed by atoms with Gasteiger partial charge in [-0.1, -0.05) is 22.6 Å². The molecule has 1 saturated heterocycles. The van der Waals surface area contributed by atoms with Crippen LogP contribution in [0.1, 0.15) is 0 Å². The standard InChI is InChI=1S/C8H11IN2O4S/c9-1-4-7(10)8(14)11(4)2-6(16)15-3-5(12)13/h4,7H,1-3,10H2,(H,12,13)/t4-,7+/m0/s1. The summed E-state index contributed by atoms with van der Waals surface area (Å²) in [6.07, 6.45) is 0. The molecule has 0 saturated carbocycles. The second kappa shape index (κ2) is 5.73. The van der Waals surface area contributed by atoms with Gasteiger partial charge in [0.2, 0.25) is 5.91 Å². The number of hydrogen-bond donors (Lipinski definition) is 2. The zero-order valence-corrected chi connectivity index (χ0v) is 11.2. The van der Waals surface area contributed by atoms with Crippen molar-refractivity contribution in [1.82, 2.24) is 4.90 Å². The molecule has 0 spiro atoms. The molecular formula is C8H11IN2O4S. The lowest BCUT2D eigenvalue weighted by Gasteiger charge is -2.44. The number of amides is 1. The lowest BCUT2D eigenvalue weighted by Crippen LogP contribution is -2.70. The van der Waals surface area contributed by atoms with Crippen LogP contribution in [0, 0.1) is 0 Å². The van der Waals surface area contributed by atoms with Crippen LogP contribution in [-0.2, 0) is 14.3 Å². The molecule has 1 amide bonds. The first-order valence-electron chi connectivity index (χ1n) is 4.46. The molecular weight excluding hydrogens is 347 g/mol. The number of rotatable bonds is 5. The van der Waals surface area contributed by atoms with Gasteiger partial charge in [0.1, 0.15) is 6.04 Å². The first kappa shape index (κ1) is 13.6. The van der Waals surface area contributed by atoms with Crippen molar-refractivity contribution in [2.24, 2.45) is 5.73 Å². The summed E-state index contributed by atoms with van der Waals surface area (Å²) in [5.41, 5.74) is 5.59. The van der Waals surface area contributed by atoms with Gasteiger partial charge in [-0.2, -0.15) is 0 Å². The van der Waals surface area contributed by atoms with Crippen molar-refractivity contribution in [3.63, 3.8) is 0 Å². The average molecular weight is 358 g/mol. The molecule has 0 radical (unpaired) electrons. The van der Waals surface area contributed by atoms with Crippen molar-refractivity contribution in [3.8, 4) is 0 Å². The maximum Gasteiger partial charge on any atom is 0.341 e. The van der Waals surface area contributed by atoms with Crippen LogP contribution in [0.15, 0.2) is 0 Å². The number of carbonyl (C=O) groups excluding carboxylic acids is 1. The van der Waals surface area contributed by atoms with Gasteiger partial charge in [-0.25, -0.2) is 4.79 Å². The predicted octanol–water partition coefficient (Wildman–Crippen LogP) is -0.612. The molecule has 0 unspecified atom stereocenters. The van der Waals surface area contributed by atoms with Crippen LogP contribution in [0.2, 0.25) is 0 Å². The summed E-state index contributed by atoms with van der Waals surface area (Å²) in [7, 11) is 0. The van der Waals surface area contributed by atoms with E-state index in [1.165, 1.54) is 4.90 Å². The first-order chi connectivity index (χ1) is 7.47. The Balaban J connectivity index is 2.39. The summed E-state index contributed by atoms with van der Waals surface area (Å²) in [5.74, 6) is -1.28. The molecule has 0 aromatic rings. The van der Waals surface area contributed by atoms with Crippen LogP contribution in [0.5, 0.6) is 0 Å². The van der Waals surface area contributed by atoms with Gasteiger partial charge in [-0.15, -0.1) is 0 Å². The molecule has 0 aromatic heterocycles. The summed E-state index contributed by atoms with van der Waals surface area (Å²) in [4.78, 5) is 23.1. The maximum atomic E-state index is 11.4. The molecule has 16 heavy (non-hydrogen) atoms. The number of aliphatic carboxylic acids is 1. The number of hydrogen-bond acceptors (Lipinski definition) is 5. The number of nitrogens with two attached hydrogens (primary N) is 1. The SMILES string of the molecule is N[C@H]1C(=O)N(CC(=S)OCC(=O)O)[C@H]1CI. The van der Waals surface area contributed by atoms with Crippen LogP contribution in [-0.4, -0.2) is 56.6 Å². The summed E-state index contributed by atoms with van der Waals surface area (Å²) >= 11 is 6.95. The third kappa shape index (κ3) is 3.01. The van der Waals surface area contributed by atoms with Crippen molar-refractivity contribution >= 4 is 51.7 Å². The third-order valence-corrected chi connectivity index (χ3v) is 3.35. The second-order valence-electron chi connectivity index (χ2n) is 3.27. The summed E-state index contributed by atoms with van der Waals surface area (Å²) < 4.78 is 5.50.